The summed E-state index contributed by atoms with van der Waals surface area (Å²) in [6.45, 7) is 6.54. The zero-order valence-electron chi connectivity index (χ0n) is 17.2. The summed E-state index contributed by atoms with van der Waals surface area (Å²) in [5, 5.41) is 11.6. The number of anilines is 1. The normalized spacial score (nSPS) is 22.5. The molecule has 2 aromatic rings. The Balaban J connectivity index is 1.84. The van der Waals surface area contributed by atoms with Crippen LogP contribution in [0.25, 0.3) is 10.9 Å². The lowest BCUT2D eigenvalue weighted by Gasteiger charge is -2.25. The second-order valence-electron chi connectivity index (χ2n) is 8.57. The van der Waals surface area contributed by atoms with E-state index in [9.17, 15) is 14.4 Å². The predicted octanol–water partition coefficient (Wildman–Crippen LogP) is 1.39. The predicted molar refractivity (Wildman–Crippen MR) is 111 cm³/mol. The number of carbonyl (C=O) groups is 1. The van der Waals surface area contributed by atoms with Crippen molar-refractivity contribution in [1.29, 1.82) is 0 Å². The molecule has 1 aromatic carbocycles. The monoisotopic (exact) mass is 419 g/mol. The average Bonchev–Trinajstić information content (AvgIpc) is 3.42. The fourth-order valence-electron chi connectivity index (χ4n) is 4.85. The fraction of sp³-hybridized carbons (Fsp3) is 0.550. The van der Waals surface area contributed by atoms with Crippen LogP contribution in [0.1, 0.15) is 38.3 Å². The number of nitrogens with two attached hydrogens (primary N) is 1. The lowest BCUT2D eigenvalue weighted by Crippen LogP contribution is -2.44. The molecule has 1 saturated heterocycles. The highest BCUT2D eigenvalue weighted by Crippen LogP contribution is 2.40. The first-order valence-electron chi connectivity index (χ1n) is 10.1. The molecular formula is C20H26FN5O4. The Morgan fingerprint density at radius 2 is 2.00 bits per heavy atom. The summed E-state index contributed by atoms with van der Waals surface area (Å²) in [6.07, 6.45) is 0.522. The van der Waals surface area contributed by atoms with Crippen LogP contribution in [0.4, 0.5) is 14.9 Å². The second-order valence-corrected chi connectivity index (χ2v) is 8.57. The fourth-order valence-corrected chi connectivity index (χ4v) is 4.85. The van der Waals surface area contributed by atoms with Gasteiger partial charge in [0.2, 0.25) is 0 Å². The van der Waals surface area contributed by atoms with Crippen molar-refractivity contribution in [2.75, 3.05) is 23.8 Å². The number of hydrogen-bond donors (Lipinski definition) is 3. The number of aryl methyl sites for hydroxylation is 1. The molecule has 30 heavy (non-hydrogen) atoms. The van der Waals surface area contributed by atoms with Crippen molar-refractivity contribution in [1.82, 2.24) is 14.6 Å². The van der Waals surface area contributed by atoms with E-state index >= 15 is 4.39 Å². The van der Waals surface area contributed by atoms with E-state index in [1.807, 2.05) is 11.8 Å². The smallest absolute Gasteiger partial charge is 0.404 e. The van der Waals surface area contributed by atoms with E-state index in [1.54, 1.807) is 13.8 Å². The van der Waals surface area contributed by atoms with Gasteiger partial charge in [0, 0.05) is 36.7 Å². The molecule has 1 aromatic heterocycles. The van der Waals surface area contributed by atoms with Crippen LogP contribution in [0, 0.1) is 24.6 Å². The van der Waals surface area contributed by atoms with Gasteiger partial charge in [0.25, 0.3) is 5.56 Å². The van der Waals surface area contributed by atoms with Crippen LogP contribution in [0.3, 0.4) is 0 Å². The molecule has 1 amide bonds. The van der Waals surface area contributed by atoms with Crippen LogP contribution in [-0.2, 0) is 0 Å². The molecule has 9 nitrogen and oxygen atoms in total. The van der Waals surface area contributed by atoms with Crippen LogP contribution in [0.5, 0.6) is 0 Å². The van der Waals surface area contributed by atoms with Gasteiger partial charge in [-0.05, 0) is 38.7 Å². The maximum atomic E-state index is 15.2. The molecule has 1 aliphatic carbocycles. The zero-order valence-corrected chi connectivity index (χ0v) is 17.2. The summed E-state index contributed by atoms with van der Waals surface area (Å²) in [5.41, 5.74) is -0.00541. The van der Waals surface area contributed by atoms with Crippen LogP contribution >= 0.6 is 0 Å². The number of amides is 1. The maximum Gasteiger partial charge on any atom is 0.404 e. The van der Waals surface area contributed by atoms with Gasteiger partial charge in [-0.1, -0.05) is 6.92 Å². The number of carboxylic acid groups (broad SMARTS) is 1. The Labute approximate surface area is 171 Å². The van der Waals surface area contributed by atoms with E-state index in [-0.39, 0.29) is 29.3 Å². The highest BCUT2D eigenvalue weighted by Gasteiger charge is 2.37. The number of halogens is 1. The molecule has 0 spiro atoms. The van der Waals surface area contributed by atoms with Crippen molar-refractivity contribution in [3.8, 4) is 0 Å². The molecule has 4 rings (SSSR count). The molecule has 0 radical (unpaired) electrons. The standard InChI is InChI=1S/C20H26FN5O4/c1-9-7-24(8-14(9)11(3)23-19(28)29)17-10(2)16-13(6-15(17)21)18(27)26(22)20(30)25(16)12-4-5-12/h6,9,11-12,14,23H,4-5,7-8,22H2,1-3H3,(H,28,29). The van der Waals surface area contributed by atoms with E-state index in [4.69, 9.17) is 10.9 Å². The van der Waals surface area contributed by atoms with Gasteiger partial charge < -0.3 is 21.2 Å². The third-order valence-corrected chi connectivity index (χ3v) is 6.46. The molecule has 10 heteroatoms. The first kappa shape index (κ1) is 20.2. The molecule has 3 atom stereocenters. The van der Waals surface area contributed by atoms with Crippen LogP contribution in [0.15, 0.2) is 15.7 Å². The topological polar surface area (TPSA) is 123 Å². The molecule has 4 N–H and O–H groups in total. The highest BCUT2D eigenvalue weighted by atomic mass is 19.1. The number of nitrogen functional groups attached to an aromatic ring is 1. The van der Waals surface area contributed by atoms with Gasteiger partial charge in [0.15, 0.2) is 0 Å². The molecule has 2 aliphatic rings. The largest absolute Gasteiger partial charge is 0.465 e. The molecular weight excluding hydrogens is 393 g/mol. The minimum Gasteiger partial charge on any atom is -0.465 e. The Bertz CT molecular complexity index is 1150. The summed E-state index contributed by atoms with van der Waals surface area (Å²) in [7, 11) is 0. The first-order valence-corrected chi connectivity index (χ1v) is 10.1. The van der Waals surface area contributed by atoms with Crippen molar-refractivity contribution in [3.05, 3.63) is 38.3 Å². The number of fused-ring (bicyclic) bond motifs is 1. The Hall–Kier alpha value is -3.04. The lowest BCUT2D eigenvalue weighted by molar-refractivity contribution is 0.184. The van der Waals surface area contributed by atoms with E-state index in [1.165, 1.54) is 10.6 Å². The van der Waals surface area contributed by atoms with Crippen LogP contribution in [0.2, 0.25) is 0 Å². The van der Waals surface area contributed by atoms with Crippen molar-refractivity contribution < 1.29 is 14.3 Å². The van der Waals surface area contributed by atoms with Gasteiger partial charge >= 0.3 is 11.8 Å². The number of nitrogens with one attached hydrogen (secondary N) is 1. The molecule has 2 fully saturated rings. The summed E-state index contributed by atoms with van der Waals surface area (Å²) in [6, 6.07) is 0.830. The molecule has 1 aliphatic heterocycles. The van der Waals surface area contributed by atoms with Gasteiger partial charge in [-0.25, -0.2) is 14.0 Å². The van der Waals surface area contributed by atoms with Gasteiger partial charge in [0.05, 0.1) is 16.6 Å². The Morgan fingerprint density at radius 3 is 2.60 bits per heavy atom. The summed E-state index contributed by atoms with van der Waals surface area (Å²) >= 11 is 0. The number of nitrogens with zero attached hydrogens (tertiary/aromatic N) is 3. The van der Waals surface area contributed by atoms with Gasteiger partial charge in [0.1, 0.15) is 5.82 Å². The minimum atomic E-state index is -1.09. The second kappa shape index (κ2) is 7.03. The summed E-state index contributed by atoms with van der Waals surface area (Å²) in [4.78, 5) is 38.1. The summed E-state index contributed by atoms with van der Waals surface area (Å²) in [5.74, 6) is 5.24. The minimum absolute atomic E-state index is 0.00161. The van der Waals surface area contributed by atoms with E-state index in [2.05, 4.69) is 5.32 Å². The zero-order chi connectivity index (χ0) is 21.9. The average molecular weight is 419 g/mol. The lowest BCUT2D eigenvalue weighted by atomic mass is 9.91. The number of hydrogen-bond acceptors (Lipinski definition) is 5. The molecule has 0 bridgehead atoms. The Kier molecular flexibility index (Phi) is 4.74. The number of rotatable bonds is 4. The maximum absolute atomic E-state index is 15.2. The quantitative estimate of drug-likeness (QED) is 0.644. The number of aromatic nitrogens is 2. The van der Waals surface area contributed by atoms with Crippen molar-refractivity contribution in [3.63, 3.8) is 0 Å². The van der Waals surface area contributed by atoms with Crippen molar-refractivity contribution in [2.24, 2.45) is 11.8 Å². The van der Waals surface area contributed by atoms with Crippen molar-refractivity contribution in [2.45, 2.75) is 45.7 Å². The molecule has 3 unspecified atom stereocenters. The highest BCUT2D eigenvalue weighted by molar-refractivity contribution is 5.87. The third kappa shape index (κ3) is 3.10. The van der Waals surface area contributed by atoms with Crippen LogP contribution in [-0.4, -0.2) is 39.6 Å². The first-order chi connectivity index (χ1) is 14.1. The SMILES string of the molecule is Cc1c(N2CC(C)C(C(C)NC(=O)O)C2)c(F)cc2c(=O)n(N)c(=O)n(C3CC3)c12. The Morgan fingerprint density at radius 1 is 1.33 bits per heavy atom. The van der Waals surface area contributed by atoms with Crippen molar-refractivity contribution >= 4 is 22.7 Å². The van der Waals surface area contributed by atoms with Gasteiger partial charge in [-0.3, -0.25) is 9.36 Å². The summed E-state index contributed by atoms with van der Waals surface area (Å²) < 4.78 is 17.3. The molecule has 1 saturated carbocycles. The number of benzene rings is 1. The third-order valence-electron chi connectivity index (χ3n) is 6.46. The van der Waals surface area contributed by atoms with E-state index in [0.717, 1.165) is 12.8 Å². The van der Waals surface area contributed by atoms with E-state index in [0.29, 0.717) is 34.5 Å². The molecule has 2 heterocycles. The van der Waals surface area contributed by atoms with Gasteiger partial charge in [-0.15, -0.1) is 0 Å². The molecule has 162 valence electrons. The van der Waals surface area contributed by atoms with E-state index < -0.39 is 23.2 Å². The van der Waals surface area contributed by atoms with Crippen LogP contribution < -0.4 is 27.3 Å². The van der Waals surface area contributed by atoms with Gasteiger partial charge in [-0.2, -0.15) is 4.68 Å².